The minimum absolute atomic E-state index is 0.00914. The van der Waals surface area contributed by atoms with Crippen LogP contribution in [0.5, 0.6) is 0 Å². The van der Waals surface area contributed by atoms with Crippen LogP contribution in [0.3, 0.4) is 0 Å². The molecule has 2 saturated carbocycles. The zero-order chi connectivity index (χ0) is 18.0. The molecule has 25 heavy (non-hydrogen) atoms. The molecule has 1 amide bonds. The number of hydrogen-bond donors (Lipinski definition) is 3. The van der Waals surface area contributed by atoms with Crippen LogP contribution >= 0.6 is 0 Å². The lowest BCUT2D eigenvalue weighted by molar-refractivity contribution is -0.139. The Morgan fingerprint density at radius 1 is 1.16 bits per heavy atom. The normalized spacial score (nSPS) is 18.6. The van der Waals surface area contributed by atoms with E-state index >= 15 is 0 Å². The van der Waals surface area contributed by atoms with Crippen molar-refractivity contribution in [1.29, 1.82) is 0 Å². The molecule has 1 unspecified atom stereocenters. The maximum atomic E-state index is 12.3. The predicted molar refractivity (Wildman–Crippen MR) is 90.6 cm³/mol. The third-order valence-corrected chi connectivity index (χ3v) is 5.96. The number of sulfonamides is 1. The van der Waals surface area contributed by atoms with Crippen molar-refractivity contribution in [3.63, 3.8) is 0 Å². The topological polar surface area (TPSA) is 113 Å². The van der Waals surface area contributed by atoms with Gasteiger partial charge in [0.2, 0.25) is 10.0 Å². The average Bonchev–Trinajstić information content (AvgIpc) is 3.46. The van der Waals surface area contributed by atoms with E-state index < -0.39 is 27.9 Å². The summed E-state index contributed by atoms with van der Waals surface area (Å²) < 4.78 is 27.1. The van der Waals surface area contributed by atoms with Crippen LogP contribution in [-0.4, -0.2) is 38.0 Å². The van der Waals surface area contributed by atoms with Crippen LogP contribution in [0.2, 0.25) is 0 Å². The Bertz CT molecular complexity index is 769. The second-order valence-corrected chi connectivity index (χ2v) is 8.63. The van der Waals surface area contributed by atoms with Gasteiger partial charge in [-0.25, -0.2) is 17.9 Å². The first-order valence-electron chi connectivity index (χ1n) is 8.48. The number of aliphatic carboxylic acids is 1. The van der Waals surface area contributed by atoms with Crippen molar-refractivity contribution in [2.45, 2.75) is 43.0 Å². The second kappa shape index (κ2) is 7.13. The molecule has 0 aliphatic heterocycles. The van der Waals surface area contributed by atoms with Gasteiger partial charge in [0.05, 0.1) is 4.90 Å². The quantitative estimate of drug-likeness (QED) is 0.611. The Balaban J connectivity index is 1.68. The molecule has 1 atom stereocenters. The number of carboxylic acid groups (broad SMARTS) is 1. The lowest BCUT2D eigenvalue weighted by Crippen LogP contribution is -2.41. The number of carbonyl (C=O) groups excluding carboxylic acids is 1. The Hall–Kier alpha value is -1.93. The number of amides is 1. The molecule has 0 spiro atoms. The van der Waals surface area contributed by atoms with Gasteiger partial charge < -0.3 is 10.4 Å². The van der Waals surface area contributed by atoms with Gasteiger partial charge in [-0.15, -0.1) is 0 Å². The molecule has 0 bridgehead atoms. The van der Waals surface area contributed by atoms with Crippen LogP contribution in [0.4, 0.5) is 0 Å². The van der Waals surface area contributed by atoms with E-state index in [4.69, 9.17) is 0 Å². The molecule has 2 aliphatic rings. The minimum atomic E-state index is -3.67. The zero-order valence-electron chi connectivity index (χ0n) is 13.8. The first kappa shape index (κ1) is 17.9. The van der Waals surface area contributed by atoms with Crippen LogP contribution < -0.4 is 10.0 Å². The number of nitrogens with one attached hydrogen (secondary N) is 2. The van der Waals surface area contributed by atoms with Crippen LogP contribution in [0, 0.1) is 11.8 Å². The summed E-state index contributed by atoms with van der Waals surface area (Å²) in [7, 11) is -3.67. The molecule has 7 nitrogen and oxygen atoms in total. The first-order chi connectivity index (χ1) is 11.8. The maximum absolute atomic E-state index is 12.3. The molecule has 3 rings (SSSR count). The third kappa shape index (κ3) is 5.02. The van der Waals surface area contributed by atoms with Crippen LogP contribution in [0.1, 0.15) is 42.5 Å². The van der Waals surface area contributed by atoms with Gasteiger partial charge in [0, 0.05) is 12.1 Å². The Morgan fingerprint density at radius 3 is 2.44 bits per heavy atom. The fourth-order valence-corrected chi connectivity index (χ4v) is 3.75. The molecule has 2 aliphatic carbocycles. The Labute approximate surface area is 146 Å². The largest absolute Gasteiger partial charge is 0.480 e. The first-order valence-corrected chi connectivity index (χ1v) is 9.97. The molecule has 1 aromatic rings. The van der Waals surface area contributed by atoms with E-state index in [-0.39, 0.29) is 10.5 Å². The number of rotatable bonds is 9. The Morgan fingerprint density at radius 2 is 1.84 bits per heavy atom. The lowest BCUT2D eigenvalue weighted by Gasteiger charge is -2.14. The third-order valence-electron chi connectivity index (χ3n) is 4.53. The van der Waals surface area contributed by atoms with Crippen LogP contribution in [-0.2, 0) is 14.8 Å². The van der Waals surface area contributed by atoms with E-state index in [9.17, 15) is 23.1 Å². The van der Waals surface area contributed by atoms with E-state index in [0.29, 0.717) is 24.8 Å². The monoisotopic (exact) mass is 366 g/mol. The fourth-order valence-electron chi connectivity index (χ4n) is 2.59. The molecule has 0 radical (unpaired) electrons. The predicted octanol–water partition coefficient (Wildman–Crippen LogP) is 1.36. The van der Waals surface area contributed by atoms with E-state index in [1.54, 1.807) is 0 Å². The molecule has 0 saturated heterocycles. The summed E-state index contributed by atoms with van der Waals surface area (Å²) in [5.41, 5.74) is 0.136. The maximum Gasteiger partial charge on any atom is 0.326 e. The molecule has 2 fully saturated rings. The highest BCUT2D eigenvalue weighted by Gasteiger charge is 2.30. The zero-order valence-corrected chi connectivity index (χ0v) is 14.6. The molecular formula is C17H22N2O5S. The molecule has 3 N–H and O–H groups in total. The molecular weight excluding hydrogens is 344 g/mol. The summed E-state index contributed by atoms with van der Waals surface area (Å²) in [6.45, 7) is 0.404. The van der Waals surface area contributed by atoms with Crippen molar-refractivity contribution in [2.75, 3.05) is 6.54 Å². The average molecular weight is 366 g/mol. The van der Waals surface area contributed by atoms with Crippen molar-refractivity contribution < 1.29 is 23.1 Å². The van der Waals surface area contributed by atoms with Crippen molar-refractivity contribution >= 4 is 21.9 Å². The highest BCUT2D eigenvalue weighted by molar-refractivity contribution is 7.89. The summed E-state index contributed by atoms with van der Waals surface area (Å²) in [6.07, 6.45) is 4.44. The van der Waals surface area contributed by atoms with Gasteiger partial charge in [-0.1, -0.05) is 18.9 Å². The summed E-state index contributed by atoms with van der Waals surface area (Å²) >= 11 is 0. The second-order valence-electron chi connectivity index (χ2n) is 6.87. The van der Waals surface area contributed by atoms with Crippen LogP contribution in [0.25, 0.3) is 0 Å². The van der Waals surface area contributed by atoms with Crippen LogP contribution in [0.15, 0.2) is 29.2 Å². The van der Waals surface area contributed by atoms with E-state index in [1.807, 2.05) is 0 Å². The Kier molecular flexibility index (Phi) is 5.10. The molecule has 0 heterocycles. The molecule has 1 aromatic carbocycles. The van der Waals surface area contributed by atoms with Gasteiger partial charge in [-0.3, -0.25) is 4.79 Å². The number of carboxylic acids is 1. The summed E-state index contributed by atoms with van der Waals surface area (Å²) in [5.74, 6) is -0.901. The van der Waals surface area contributed by atoms with Crippen molar-refractivity contribution in [1.82, 2.24) is 10.0 Å². The number of hydrogen-bond acceptors (Lipinski definition) is 4. The standard InChI is InChI=1S/C17H22N2O5S/c20-16(19-15(17(21)22)8-11-4-5-11)13-2-1-3-14(9-13)25(23,24)18-10-12-6-7-12/h1-3,9,11-12,15,18H,4-8,10H2,(H,19,20)(H,21,22). The fraction of sp³-hybridized carbons (Fsp3) is 0.529. The highest BCUT2D eigenvalue weighted by Crippen LogP contribution is 2.33. The SMILES string of the molecule is O=C(NC(CC1CC1)C(=O)O)c1cccc(S(=O)(=O)NCC2CC2)c1. The number of carbonyl (C=O) groups is 2. The molecule has 136 valence electrons. The van der Waals surface area contributed by atoms with Gasteiger partial charge in [0.25, 0.3) is 5.91 Å². The highest BCUT2D eigenvalue weighted by atomic mass is 32.2. The van der Waals surface area contributed by atoms with Gasteiger partial charge >= 0.3 is 5.97 Å². The van der Waals surface area contributed by atoms with E-state index in [0.717, 1.165) is 25.7 Å². The van der Waals surface area contributed by atoms with Gasteiger partial charge in [0.1, 0.15) is 6.04 Å². The summed E-state index contributed by atoms with van der Waals surface area (Å²) in [5, 5.41) is 11.7. The van der Waals surface area contributed by atoms with Gasteiger partial charge in [-0.2, -0.15) is 0 Å². The van der Waals surface area contributed by atoms with Gasteiger partial charge in [-0.05, 0) is 49.3 Å². The van der Waals surface area contributed by atoms with Crippen molar-refractivity contribution in [2.24, 2.45) is 11.8 Å². The number of benzene rings is 1. The summed E-state index contributed by atoms with van der Waals surface area (Å²) in [6, 6.07) is 4.71. The van der Waals surface area contributed by atoms with E-state index in [1.165, 1.54) is 24.3 Å². The van der Waals surface area contributed by atoms with E-state index in [2.05, 4.69) is 10.0 Å². The van der Waals surface area contributed by atoms with Crippen molar-refractivity contribution in [3.05, 3.63) is 29.8 Å². The molecule has 8 heteroatoms. The van der Waals surface area contributed by atoms with Crippen molar-refractivity contribution in [3.8, 4) is 0 Å². The van der Waals surface area contributed by atoms with Gasteiger partial charge in [0.15, 0.2) is 0 Å². The smallest absolute Gasteiger partial charge is 0.326 e. The molecule has 0 aromatic heterocycles. The lowest BCUT2D eigenvalue weighted by atomic mass is 10.1. The summed E-state index contributed by atoms with van der Waals surface area (Å²) in [4.78, 5) is 23.6. The minimum Gasteiger partial charge on any atom is -0.480 e.